The zero-order valence-electron chi connectivity index (χ0n) is 8.67. The topological polar surface area (TPSA) is 70.9 Å². The predicted molar refractivity (Wildman–Crippen MR) is 59.5 cm³/mol. The van der Waals surface area contributed by atoms with Crippen LogP contribution in [0.15, 0.2) is 36.7 Å². The maximum absolute atomic E-state index is 8.88. The molecule has 0 radical (unpaired) electrons. The minimum absolute atomic E-state index is 0.154. The van der Waals surface area contributed by atoms with Crippen molar-refractivity contribution in [2.24, 2.45) is 0 Å². The van der Waals surface area contributed by atoms with Gasteiger partial charge in [0.05, 0.1) is 12.2 Å². The second kappa shape index (κ2) is 5.18. The molecular formula is C11H12N4O. The Hall–Kier alpha value is -2.01. The number of aromatic nitrogens is 3. The first-order valence-electron chi connectivity index (χ1n) is 4.95. The predicted octanol–water partition coefficient (Wildman–Crippen LogP) is 0.976. The van der Waals surface area contributed by atoms with E-state index in [2.05, 4.69) is 20.3 Å². The monoisotopic (exact) mass is 216 g/mol. The summed E-state index contributed by atoms with van der Waals surface area (Å²) in [4.78, 5) is 12.2. The lowest BCUT2D eigenvalue weighted by atomic mass is 10.3. The van der Waals surface area contributed by atoms with Gasteiger partial charge in [-0.1, -0.05) is 6.07 Å². The van der Waals surface area contributed by atoms with Crippen LogP contribution in [-0.4, -0.2) is 20.1 Å². The number of nitrogens with one attached hydrogen (secondary N) is 1. The maximum atomic E-state index is 8.88. The number of rotatable bonds is 4. The van der Waals surface area contributed by atoms with Gasteiger partial charge in [-0.3, -0.25) is 4.98 Å². The number of pyridine rings is 1. The lowest BCUT2D eigenvalue weighted by Crippen LogP contribution is -2.05. The van der Waals surface area contributed by atoms with E-state index in [1.807, 2.05) is 18.2 Å². The van der Waals surface area contributed by atoms with Crippen LogP contribution in [0.5, 0.6) is 0 Å². The van der Waals surface area contributed by atoms with E-state index in [-0.39, 0.29) is 6.61 Å². The van der Waals surface area contributed by atoms with Crippen LogP contribution < -0.4 is 5.32 Å². The lowest BCUT2D eigenvalue weighted by molar-refractivity contribution is 0.271. The lowest BCUT2D eigenvalue weighted by Gasteiger charge is -2.05. The van der Waals surface area contributed by atoms with Gasteiger partial charge in [-0.2, -0.15) is 0 Å². The Kier molecular flexibility index (Phi) is 3.40. The molecule has 2 aromatic heterocycles. The molecule has 0 aliphatic rings. The Bertz CT molecular complexity index is 447. The number of nitrogens with zero attached hydrogens (tertiary/aromatic N) is 3. The second-order valence-corrected chi connectivity index (χ2v) is 3.19. The Labute approximate surface area is 93.2 Å². The first kappa shape index (κ1) is 10.5. The molecule has 0 saturated carbocycles. The fourth-order valence-corrected chi connectivity index (χ4v) is 1.26. The molecule has 2 aromatic rings. The zero-order valence-corrected chi connectivity index (χ0v) is 8.67. The highest BCUT2D eigenvalue weighted by atomic mass is 16.3. The summed E-state index contributed by atoms with van der Waals surface area (Å²) < 4.78 is 0. The van der Waals surface area contributed by atoms with Crippen LogP contribution in [-0.2, 0) is 13.2 Å². The van der Waals surface area contributed by atoms with Crippen LogP contribution in [0.4, 0.5) is 5.82 Å². The van der Waals surface area contributed by atoms with Gasteiger partial charge in [-0.25, -0.2) is 9.97 Å². The molecule has 0 aliphatic carbocycles. The molecule has 5 nitrogen and oxygen atoms in total. The van der Waals surface area contributed by atoms with Gasteiger partial charge < -0.3 is 10.4 Å². The summed E-state index contributed by atoms with van der Waals surface area (Å²) in [5, 5.41) is 12.0. The summed E-state index contributed by atoms with van der Waals surface area (Å²) in [5.41, 5.74) is 0.937. The van der Waals surface area contributed by atoms with Crippen molar-refractivity contribution in [1.82, 2.24) is 15.0 Å². The Morgan fingerprint density at radius 1 is 1.12 bits per heavy atom. The highest BCUT2D eigenvalue weighted by molar-refractivity contribution is 5.33. The van der Waals surface area contributed by atoms with Crippen molar-refractivity contribution in [2.75, 3.05) is 5.32 Å². The molecule has 0 aliphatic heterocycles. The third kappa shape index (κ3) is 2.74. The highest BCUT2D eigenvalue weighted by Gasteiger charge is 1.98. The third-order valence-electron chi connectivity index (χ3n) is 2.02. The molecule has 0 atom stereocenters. The number of aliphatic hydroxyl groups excluding tert-OH is 1. The number of hydrogen-bond donors (Lipinski definition) is 2. The molecule has 82 valence electrons. The van der Waals surface area contributed by atoms with Crippen molar-refractivity contribution >= 4 is 5.82 Å². The van der Waals surface area contributed by atoms with Crippen LogP contribution >= 0.6 is 0 Å². The fourth-order valence-electron chi connectivity index (χ4n) is 1.26. The van der Waals surface area contributed by atoms with Crippen molar-refractivity contribution in [3.05, 3.63) is 48.2 Å². The van der Waals surface area contributed by atoms with E-state index in [9.17, 15) is 0 Å². The van der Waals surface area contributed by atoms with Crippen molar-refractivity contribution in [2.45, 2.75) is 13.2 Å². The van der Waals surface area contributed by atoms with Crippen molar-refractivity contribution in [1.29, 1.82) is 0 Å². The zero-order chi connectivity index (χ0) is 11.2. The van der Waals surface area contributed by atoms with Crippen LogP contribution in [0.3, 0.4) is 0 Å². The summed E-state index contributed by atoms with van der Waals surface area (Å²) in [5.74, 6) is 1.09. The first-order chi connectivity index (χ1) is 7.88. The average Bonchev–Trinajstić information content (AvgIpc) is 2.38. The van der Waals surface area contributed by atoms with Gasteiger partial charge in [0.25, 0.3) is 0 Å². The molecule has 16 heavy (non-hydrogen) atoms. The quantitative estimate of drug-likeness (QED) is 0.797. The van der Waals surface area contributed by atoms with Crippen LogP contribution in [0.1, 0.15) is 11.5 Å². The summed E-state index contributed by atoms with van der Waals surface area (Å²) >= 11 is 0. The van der Waals surface area contributed by atoms with Gasteiger partial charge in [0.1, 0.15) is 12.4 Å². The largest absolute Gasteiger partial charge is 0.388 e. The van der Waals surface area contributed by atoms with Gasteiger partial charge in [0, 0.05) is 12.4 Å². The summed E-state index contributed by atoms with van der Waals surface area (Å²) in [6, 6.07) is 7.49. The number of hydrogen-bond acceptors (Lipinski definition) is 5. The van der Waals surface area contributed by atoms with Crippen LogP contribution in [0, 0.1) is 0 Å². The van der Waals surface area contributed by atoms with E-state index >= 15 is 0 Å². The standard InChI is InChI=1S/C11H12N4O/c16-8-11-13-6-4-10(15-11)14-7-9-3-1-2-5-12-9/h1-6,16H,7-8H2,(H,13,14,15). The average molecular weight is 216 g/mol. The molecule has 2 rings (SSSR count). The van der Waals surface area contributed by atoms with Crippen LogP contribution in [0.2, 0.25) is 0 Å². The minimum atomic E-state index is -0.154. The van der Waals surface area contributed by atoms with Gasteiger partial charge in [-0.05, 0) is 18.2 Å². The SMILES string of the molecule is OCc1nccc(NCc2ccccn2)n1. The molecule has 0 bridgehead atoms. The number of aliphatic hydroxyl groups is 1. The van der Waals surface area contributed by atoms with E-state index in [0.717, 1.165) is 5.69 Å². The molecule has 0 saturated heterocycles. The molecule has 5 heteroatoms. The molecule has 0 fully saturated rings. The van der Waals surface area contributed by atoms with Gasteiger partial charge in [0.2, 0.25) is 0 Å². The number of anilines is 1. The van der Waals surface area contributed by atoms with Gasteiger partial charge >= 0.3 is 0 Å². The fraction of sp³-hybridized carbons (Fsp3) is 0.182. The normalized spacial score (nSPS) is 10.1. The van der Waals surface area contributed by atoms with Crippen molar-refractivity contribution < 1.29 is 5.11 Å². The molecule has 0 unspecified atom stereocenters. The highest BCUT2D eigenvalue weighted by Crippen LogP contribution is 2.04. The minimum Gasteiger partial charge on any atom is -0.388 e. The first-order valence-corrected chi connectivity index (χ1v) is 4.95. The third-order valence-corrected chi connectivity index (χ3v) is 2.02. The van der Waals surface area contributed by atoms with Crippen LogP contribution in [0.25, 0.3) is 0 Å². The molecule has 0 aromatic carbocycles. The van der Waals surface area contributed by atoms with Crippen molar-refractivity contribution in [3.63, 3.8) is 0 Å². The Balaban J connectivity index is 1.99. The smallest absolute Gasteiger partial charge is 0.156 e. The second-order valence-electron chi connectivity index (χ2n) is 3.19. The Morgan fingerprint density at radius 3 is 2.81 bits per heavy atom. The van der Waals surface area contributed by atoms with E-state index in [0.29, 0.717) is 18.2 Å². The van der Waals surface area contributed by atoms with E-state index < -0.39 is 0 Å². The molecule has 2 heterocycles. The van der Waals surface area contributed by atoms with Gasteiger partial charge in [-0.15, -0.1) is 0 Å². The van der Waals surface area contributed by atoms with E-state index in [4.69, 9.17) is 5.11 Å². The van der Waals surface area contributed by atoms with E-state index in [1.165, 1.54) is 0 Å². The summed E-state index contributed by atoms with van der Waals surface area (Å²) in [7, 11) is 0. The van der Waals surface area contributed by atoms with E-state index in [1.54, 1.807) is 18.5 Å². The summed E-state index contributed by atoms with van der Waals surface area (Å²) in [6.07, 6.45) is 3.36. The Morgan fingerprint density at radius 2 is 2.06 bits per heavy atom. The van der Waals surface area contributed by atoms with Gasteiger partial charge in [0.15, 0.2) is 5.82 Å². The maximum Gasteiger partial charge on any atom is 0.156 e. The molecule has 0 amide bonds. The molecule has 2 N–H and O–H groups in total. The molecule has 0 spiro atoms. The van der Waals surface area contributed by atoms with Crippen molar-refractivity contribution in [3.8, 4) is 0 Å². The molecular weight excluding hydrogens is 204 g/mol. The summed E-state index contributed by atoms with van der Waals surface area (Å²) in [6.45, 7) is 0.446.